The lowest BCUT2D eigenvalue weighted by atomic mass is 9.74. The van der Waals surface area contributed by atoms with Gasteiger partial charge in [-0.3, -0.25) is 4.79 Å². The monoisotopic (exact) mass is 217 g/mol. The Morgan fingerprint density at radius 1 is 1.31 bits per heavy atom. The van der Waals surface area contributed by atoms with Gasteiger partial charge in [-0.05, 0) is 37.1 Å². The maximum Gasteiger partial charge on any atom is 0.172 e. The summed E-state index contributed by atoms with van der Waals surface area (Å²) in [6.45, 7) is 3.44. The highest BCUT2D eigenvalue weighted by atomic mass is 19.1. The van der Waals surface area contributed by atoms with Crippen LogP contribution in [0.25, 0.3) is 0 Å². The number of hydrogen-bond acceptors (Lipinski definition) is 1. The maximum absolute atomic E-state index is 12.9. The number of carbonyl (C=O) groups is 1. The topological polar surface area (TPSA) is 17.1 Å². The van der Waals surface area contributed by atoms with Crippen molar-refractivity contribution in [2.24, 2.45) is 0 Å². The van der Waals surface area contributed by atoms with Crippen LogP contribution in [0.4, 0.5) is 4.39 Å². The second kappa shape index (κ2) is 3.71. The van der Waals surface area contributed by atoms with Crippen LogP contribution in [0.5, 0.6) is 0 Å². The smallest absolute Gasteiger partial charge is 0.172 e. The van der Waals surface area contributed by atoms with Gasteiger partial charge in [0.2, 0.25) is 0 Å². The van der Waals surface area contributed by atoms with E-state index in [4.69, 9.17) is 1.37 Å². The summed E-state index contributed by atoms with van der Waals surface area (Å²) in [7, 11) is 0. The fourth-order valence-corrected chi connectivity index (χ4v) is 1.87. The third kappa shape index (κ3) is 1.60. The van der Waals surface area contributed by atoms with E-state index in [-0.39, 0.29) is 17.7 Å². The van der Waals surface area contributed by atoms with E-state index in [1.165, 1.54) is 12.1 Å². The van der Waals surface area contributed by atoms with Crippen molar-refractivity contribution in [3.8, 4) is 0 Å². The largest absolute Gasteiger partial charge is 0.293 e. The Morgan fingerprint density at radius 3 is 2.56 bits per heavy atom. The molecule has 0 aromatic heterocycles. The van der Waals surface area contributed by atoms with Crippen LogP contribution in [0.1, 0.15) is 20.8 Å². The molecule has 16 heavy (non-hydrogen) atoms. The van der Waals surface area contributed by atoms with Crippen molar-refractivity contribution in [3.05, 3.63) is 59.4 Å². The molecule has 1 aromatic carbocycles. The number of rotatable bonds is 1. The van der Waals surface area contributed by atoms with E-state index in [0.29, 0.717) is 11.1 Å². The van der Waals surface area contributed by atoms with Crippen molar-refractivity contribution in [2.75, 3.05) is 0 Å². The van der Waals surface area contributed by atoms with E-state index in [1.54, 1.807) is 38.1 Å². The lowest BCUT2D eigenvalue weighted by Crippen LogP contribution is -2.32. The standard InChI is InChI=1S/C14H13FO/c1-10-4-3-9-14(2,13(10)16)11-5-7-12(15)8-6-11/h3-9H,1-2H3/i9D. The summed E-state index contributed by atoms with van der Waals surface area (Å²) in [5.74, 6) is -0.444. The average Bonchev–Trinajstić information content (AvgIpc) is 2.32. The van der Waals surface area contributed by atoms with Crippen LogP contribution in [-0.4, -0.2) is 5.78 Å². The first kappa shape index (κ1) is 9.52. The Bertz CT molecular complexity index is 524. The first-order valence-electron chi connectivity index (χ1n) is 5.63. The molecule has 0 N–H and O–H groups in total. The minimum Gasteiger partial charge on any atom is -0.293 e. The van der Waals surface area contributed by atoms with Crippen molar-refractivity contribution in [2.45, 2.75) is 19.3 Å². The predicted molar refractivity (Wildman–Crippen MR) is 61.7 cm³/mol. The van der Waals surface area contributed by atoms with Crippen LogP contribution in [0, 0.1) is 5.82 Å². The van der Waals surface area contributed by atoms with Gasteiger partial charge in [0.1, 0.15) is 5.82 Å². The van der Waals surface area contributed by atoms with Crippen LogP contribution >= 0.6 is 0 Å². The Kier molecular flexibility index (Phi) is 2.21. The quantitative estimate of drug-likeness (QED) is 0.706. The molecule has 2 heteroatoms. The number of carbonyl (C=O) groups excluding carboxylic acids is 1. The fraction of sp³-hybridized carbons (Fsp3) is 0.214. The summed E-state index contributed by atoms with van der Waals surface area (Å²) in [5.41, 5.74) is 0.275. The molecular weight excluding hydrogens is 203 g/mol. The molecule has 0 radical (unpaired) electrons. The Balaban J connectivity index is 2.56. The van der Waals surface area contributed by atoms with Crippen molar-refractivity contribution in [1.82, 2.24) is 0 Å². The van der Waals surface area contributed by atoms with Gasteiger partial charge in [0.05, 0.1) is 6.79 Å². The zero-order valence-corrected chi connectivity index (χ0v) is 9.25. The molecule has 0 aliphatic heterocycles. The Labute approximate surface area is 95.7 Å². The van der Waals surface area contributed by atoms with Crippen molar-refractivity contribution in [3.63, 3.8) is 0 Å². The number of halogens is 1. The van der Waals surface area contributed by atoms with Gasteiger partial charge in [-0.1, -0.05) is 30.3 Å². The molecule has 0 saturated heterocycles. The Morgan fingerprint density at radius 2 is 1.94 bits per heavy atom. The molecule has 1 nitrogen and oxygen atoms in total. The van der Waals surface area contributed by atoms with Gasteiger partial charge in [0, 0.05) is 0 Å². The van der Waals surface area contributed by atoms with Crippen LogP contribution in [0.3, 0.4) is 0 Å². The minimum atomic E-state index is -0.994. The molecule has 2 rings (SSSR count). The van der Waals surface area contributed by atoms with Crippen LogP contribution in [-0.2, 0) is 10.2 Å². The number of ketones is 1. The SMILES string of the molecule is [2H]C1=CC=C(C)C(=O)C1(C)c1ccc(F)cc1. The summed E-state index contributed by atoms with van der Waals surface area (Å²) >= 11 is 0. The van der Waals surface area contributed by atoms with E-state index in [1.807, 2.05) is 0 Å². The second-order valence-corrected chi connectivity index (χ2v) is 4.12. The van der Waals surface area contributed by atoms with Gasteiger partial charge in [0.15, 0.2) is 5.78 Å². The van der Waals surface area contributed by atoms with Crippen LogP contribution in [0.15, 0.2) is 48.0 Å². The van der Waals surface area contributed by atoms with Gasteiger partial charge in [0.25, 0.3) is 0 Å². The number of Topliss-reactive ketones (excluding diaryl/α,β-unsaturated/α-hetero) is 1. The van der Waals surface area contributed by atoms with Crippen molar-refractivity contribution < 1.29 is 10.6 Å². The molecule has 0 fully saturated rings. The van der Waals surface area contributed by atoms with Crippen LogP contribution < -0.4 is 0 Å². The molecule has 1 aliphatic carbocycles. The Hall–Kier alpha value is -1.70. The molecule has 1 aromatic rings. The highest BCUT2D eigenvalue weighted by molar-refractivity contribution is 6.05. The average molecular weight is 217 g/mol. The van der Waals surface area contributed by atoms with E-state index in [9.17, 15) is 9.18 Å². The molecule has 1 unspecified atom stereocenters. The summed E-state index contributed by atoms with van der Waals surface area (Å²) in [5, 5.41) is 0. The third-order valence-electron chi connectivity index (χ3n) is 2.94. The minimum absolute atomic E-state index is 0.100. The van der Waals surface area contributed by atoms with Crippen molar-refractivity contribution in [1.29, 1.82) is 0 Å². The normalized spacial score (nSPS) is 25.9. The third-order valence-corrected chi connectivity index (χ3v) is 2.94. The summed E-state index contributed by atoms with van der Waals surface area (Å²) in [6.07, 6.45) is 3.27. The van der Waals surface area contributed by atoms with E-state index < -0.39 is 5.41 Å². The highest BCUT2D eigenvalue weighted by Crippen LogP contribution is 2.32. The predicted octanol–water partition coefficient (Wildman–Crippen LogP) is 3.17. The number of allylic oxidation sites excluding steroid dienone is 4. The molecule has 0 bridgehead atoms. The molecule has 0 spiro atoms. The van der Waals surface area contributed by atoms with E-state index >= 15 is 0 Å². The summed E-state index contributed by atoms with van der Waals surface area (Å²) in [6, 6.07) is 5.99. The number of hydrogen-bond donors (Lipinski definition) is 0. The first-order valence-corrected chi connectivity index (χ1v) is 5.13. The molecular formula is C14H13FO. The molecule has 0 heterocycles. The van der Waals surface area contributed by atoms with Gasteiger partial charge >= 0.3 is 0 Å². The molecule has 82 valence electrons. The van der Waals surface area contributed by atoms with Crippen molar-refractivity contribution >= 4 is 5.78 Å². The summed E-state index contributed by atoms with van der Waals surface area (Å²) in [4.78, 5) is 12.2. The zero-order valence-electron chi connectivity index (χ0n) is 10.3. The van der Waals surface area contributed by atoms with Gasteiger partial charge in [-0.2, -0.15) is 0 Å². The molecule has 1 aliphatic rings. The zero-order chi connectivity index (χ0) is 12.6. The van der Waals surface area contributed by atoms with Crippen LogP contribution in [0.2, 0.25) is 0 Å². The van der Waals surface area contributed by atoms with Gasteiger partial charge in [-0.25, -0.2) is 4.39 Å². The second-order valence-electron chi connectivity index (χ2n) is 4.12. The van der Waals surface area contributed by atoms with Gasteiger partial charge in [-0.15, -0.1) is 0 Å². The first-order chi connectivity index (χ1) is 7.96. The fourth-order valence-electron chi connectivity index (χ4n) is 1.87. The lowest BCUT2D eigenvalue weighted by molar-refractivity contribution is -0.118. The highest BCUT2D eigenvalue weighted by Gasteiger charge is 2.34. The maximum atomic E-state index is 12.9. The number of benzene rings is 1. The van der Waals surface area contributed by atoms with E-state index in [0.717, 1.165) is 0 Å². The van der Waals surface area contributed by atoms with Gasteiger partial charge < -0.3 is 0 Å². The molecule has 0 amide bonds. The molecule has 0 saturated carbocycles. The van der Waals surface area contributed by atoms with E-state index in [2.05, 4.69) is 0 Å². The summed E-state index contributed by atoms with van der Waals surface area (Å²) < 4.78 is 20.8. The lowest BCUT2D eigenvalue weighted by Gasteiger charge is -2.27. The molecule has 1 atom stereocenters.